The Morgan fingerprint density at radius 2 is 2.25 bits per heavy atom. The van der Waals surface area contributed by atoms with Crippen molar-refractivity contribution < 1.29 is 22.7 Å². The van der Waals surface area contributed by atoms with Gasteiger partial charge in [0.05, 0.1) is 5.56 Å². The molecule has 0 spiro atoms. The quantitative estimate of drug-likeness (QED) is 0.785. The molecule has 0 aliphatic rings. The van der Waals surface area contributed by atoms with Gasteiger partial charge in [-0.05, 0) is 11.5 Å². The lowest BCUT2D eigenvalue weighted by Crippen LogP contribution is -2.20. The van der Waals surface area contributed by atoms with Gasteiger partial charge >= 0.3 is 12.1 Å². The molecular weight excluding hydrogens is 265 g/mol. The molecule has 2 aromatic heterocycles. The molecular formula is C7H3F3N2O2S2. The van der Waals surface area contributed by atoms with Gasteiger partial charge in [-0.1, -0.05) is 4.49 Å². The highest BCUT2D eigenvalue weighted by molar-refractivity contribution is 7.24. The minimum Gasteiger partial charge on any atom is -0.452 e. The van der Waals surface area contributed by atoms with Crippen LogP contribution in [0.1, 0.15) is 10.4 Å². The molecule has 0 saturated heterocycles. The Morgan fingerprint density at radius 3 is 2.94 bits per heavy atom. The summed E-state index contributed by atoms with van der Waals surface area (Å²) in [5.41, 5.74) is 0.0826. The molecule has 16 heavy (non-hydrogen) atoms. The van der Waals surface area contributed by atoms with Gasteiger partial charge in [0.25, 0.3) is 0 Å². The van der Waals surface area contributed by atoms with Crippen molar-refractivity contribution in [2.45, 2.75) is 6.18 Å². The lowest BCUT2D eigenvalue weighted by molar-refractivity contribution is -0.161. The number of hydrogen-bond acceptors (Lipinski definition) is 6. The normalized spacial score (nSPS) is 11.9. The molecule has 2 heterocycles. The van der Waals surface area contributed by atoms with E-state index in [1.807, 2.05) is 0 Å². The molecule has 0 unspecified atom stereocenters. The third-order valence-corrected chi connectivity index (χ3v) is 3.33. The van der Waals surface area contributed by atoms with Gasteiger partial charge in [0.1, 0.15) is 4.70 Å². The number of thiophene rings is 1. The Labute approximate surface area is 94.8 Å². The minimum absolute atomic E-state index is 0.0826. The van der Waals surface area contributed by atoms with Crippen LogP contribution in [0.2, 0.25) is 0 Å². The first kappa shape index (κ1) is 11.3. The number of rotatable bonds is 2. The maximum absolute atomic E-state index is 11.8. The number of alkyl halides is 3. The Balaban J connectivity index is 2.14. The lowest BCUT2D eigenvalue weighted by atomic mass is 10.3. The molecule has 0 saturated carbocycles. The van der Waals surface area contributed by atoms with Crippen LogP contribution in [0.25, 0.3) is 9.53 Å². The lowest BCUT2D eigenvalue weighted by Gasteiger charge is -2.06. The van der Waals surface area contributed by atoms with Crippen LogP contribution in [-0.2, 0) is 4.74 Å². The first-order valence-corrected chi connectivity index (χ1v) is 5.56. The molecule has 86 valence electrons. The number of esters is 1. The smallest absolute Gasteiger partial charge is 0.422 e. The Morgan fingerprint density at radius 1 is 1.50 bits per heavy atom. The second kappa shape index (κ2) is 3.98. The molecule has 0 bridgehead atoms. The van der Waals surface area contributed by atoms with Crippen LogP contribution in [0, 0.1) is 0 Å². The number of hydrogen-bond donors (Lipinski definition) is 0. The van der Waals surface area contributed by atoms with E-state index < -0.39 is 18.8 Å². The van der Waals surface area contributed by atoms with Gasteiger partial charge in [-0.15, -0.1) is 16.4 Å². The average Bonchev–Trinajstić information content (AvgIpc) is 2.73. The van der Waals surface area contributed by atoms with Crippen molar-refractivity contribution in [1.82, 2.24) is 9.59 Å². The first-order valence-electron chi connectivity index (χ1n) is 3.91. The van der Waals surface area contributed by atoms with E-state index in [9.17, 15) is 18.0 Å². The molecule has 0 fully saturated rings. The van der Waals surface area contributed by atoms with Crippen LogP contribution < -0.4 is 0 Å². The van der Waals surface area contributed by atoms with Gasteiger partial charge in [0.2, 0.25) is 0 Å². The van der Waals surface area contributed by atoms with Crippen LogP contribution in [0.3, 0.4) is 0 Å². The van der Waals surface area contributed by atoms with Crippen molar-refractivity contribution in [3.05, 3.63) is 10.9 Å². The maximum Gasteiger partial charge on any atom is 0.422 e. The van der Waals surface area contributed by atoms with Crippen molar-refractivity contribution in [1.29, 1.82) is 0 Å². The number of fused-ring (bicyclic) bond motifs is 1. The largest absolute Gasteiger partial charge is 0.452 e. The second-order valence-corrected chi connectivity index (χ2v) is 4.36. The van der Waals surface area contributed by atoms with Crippen LogP contribution in [0.4, 0.5) is 13.2 Å². The fourth-order valence-corrected chi connectivity index (χ4v) is 2.65. The van der Waals surface area contributed by atoms with Gasteiger partial charge in [-0.25, -0.2) is 4.79 Å². The number of halogens is 3. The third-order valence-electron chi connectivity index (χ3n) is 1.58. The summed E-state index contributed by atoms with van der Waals surface area (Å²) in [4.78, 5) is 11.8. The predicted molar refractivity (Wildman–Crippen MR) is 51.6 cm³/mol. The fourth-order valence-electron chi connectivity index (χ4n) is 0.958. The highest BCUT2D eigenvalue weighted by atomic mass is 32.1. The SMILES string of the molecule is O=C(OCC(F)(F)F)c1csc2nnsc12. The molecule has 0 aromatic carbocycles. The summed E-state index contributed by atoms with van der Waals surface area (Å²) in [6.07, 6.45) is -4.52. The average molecular weight is 268 g/mol. The van der Waals surface area contributed by atoms with Gasteiger partial charge in [0, 0.05) is 5.38 Å². The summed E-state index contributed by atoms with van der Waals surface area (Å²) in [5, 5.41) is 5.10. The van der Waals surface area contributed by atoms with E-state index in [0.717, 1.165) is 22.9 Å². The van der Waals surface area contributed by atoms with E-state index in [2.05, 4.69) is 14.3 Å². The molecule has 9 heteroatoms. The second-order valence-electron chi connectivity index (χ2n) is 2.75. The minimum atomic E-state index is -4.52. The zero-order chi connectivity index (χ0) is 11.8. The fraction of sp³-hybridized carbons (Fsp3) is 0.286. The van der Waals surface area contributed by atoms with E-state index in [-0.39, 0.29) is 5.56 Å². The third kappa shape index (κ3) is 2.30. The maximum atomic E-state index is 11.8. The number of carbonyl (C=O) groups is 1. The van der Waals surface area contributed by atoms with Crippen molar-refractivity contribution in [2.24, 2.45) is 0 Å². The molecule has 0 aliphatic carbocycles. The van der Waals surface area contributed by atoms with Crippen molar-refractivity contribution in [2.75, 3.05) is 6.61 Å². The van der Waals surface area contributed by atoms with Gasteiger partial charge in [-0.2, -0.15) is 13.2 Å². The summed E-state index contributed by atoms with van der Waals surface area (Å²) in [5.74, 6) is -1.00. The molecule has 4 nitrogen and oxygen atoms in total. The monoisotopic (exact) mass is 268 g/mol. The highest BCUT2D eigenvalue weighted by Gasteiger charge is 2.30. The summed E-state index contributed by atoms with van der Waals surface area (Å²) in [6.45, 7) is -1.59. The molecule has 0 aliphatic heterocycles. The first-order chi connectivity index (χ1) is 7.47. The predicted octanol–water partition coefficient (Wildman–Crippen LogP) is 2.47. The Bertz CT molecular complexity index is 519. The topological polar surface area (TPSA) is 52.1 Å². The van der Waals surface area contributed by atoms with Crippen LogP contribution in [0.15, 0.2) is 5.38 Å². The van der Waals surface area contributed by atoms with Crippen LogP contribution >= 0.6 is 22.9 Å². The number of nitrogens with zero attached hydrogens (tertiary/aromatic N) is 2. The van der Waals surface area contributed by atoms with E-state index in [0.29, 0.717) is 9.53 Å². The molecule has 0 N–H and O–H groups in total. The molecule has 0 atom stereocenters. The van der Waals surface area contributed by atoms with Gasteiger partial charge in [0.15, 0.2) is 11.4 Å². The van der Waals surface area contributed by atoms with Crippen molar-refractivity contribution in [3.8, 4) is 0 Å². The van der Waals surface area contributed by atoms with E-state index in [1.54, 1.807) is 0 Å². The number of ether oxygens (including phenoxy) is 1. The number of carbonyl (C=O) groups excluding carboxylic acids is 1. The van der Waals surface area contributed by atoms with Gasteiger partial charge in [-0.3, -0.25) is 0 Å². The van der Waals surface area contributed by atoms with E-state index >= 15 is 0 Å². The summed E-state index contributed by atoms with van der Waals surface area (Å²) >= 11 is 2.09. The standard InChI is InChI=1S/C7H3F3N2O2S2/c8-7(9,10)2-14-6(13)3-1-15-5-4(3)16-12-11-5/h1H,2H2. The zero-order valence-electron chi connectivity index (χ0n) is 7.45. The van der Waals surface area contributed by atoms with E-state index in [4.69, 9.17) is 0 Å². The Kier molecular flexibility index (Phi) is 2.80. The Hall–Kier alpha value is -1.22. The highest BCUT2D eigenvalue weighted by Crippen LogP contribution is 2.27. The summed E-state index contributed by atoms with van der Waals surface area (Å²) in [7, 11) is 0. The van der Waals surface area contributed by atoms with Crippen molar-refractivity contribution in [3.63, 3.8) is 0 Å². The van der Waals surface area contributed by atoms with Crippen molar-refractivity contribution >= 4 is 38.4 Å². The molecule has 2 aromatic rings. The summed E-state index contributed by atoms with van der Waals surface area (Å²) < 4.78 is 43.6. The van der Waals surface area contributed by atoms with Crippen LogP contribution in [0.5, 0.6) is 0 Å². The number of aromatic nitrogens is 2. The molecule has 0 amide bonds. The zero-order valence-corrected chi connectivity index (χ0v) is 9.08. The summed E-state index contributed by atoms with van der Waals surface area (Å²) in [6, 6.07) is 0. The molecule has 0 radical (unpaired) electrons. The van der Waals surface area contributed by atoms with Crippen LogP contribution in [-0.4, -0.2) is 28.3 Å². The van der Waals surface area contributed by atoms with E-state index in [1.165, 1.54) is 5.38 Å². The molecule has 2 rings (SSSR count). The van der Waals surface area contributed by atoms with Gasteiger partial charge < -0.3 is 4.74 Å².